The Hall–Kier alpha value is -1.91. The van der Waals surface area contributed by atoms with E-state index in [0.717, 1.165) is 12.8 Å². The molecule has 0 radical (unpaired) electrons. The second kappa shape index (κ2) is 7.03. The van der Waals surface area contributed by atoms with E-state index in [4.69, 9.17) is 9.47 Å². The summed E-state index contributed by atoms with van der Waals surface area (Å²) in [4.78, 5) is 12.0. The fraction of sp³-hybridized carbons (Fsp3) is 0.533. The third kappa shape index (κ3) is 3.79. The fourth-order valence-electron chi connectivity index (χ4n) is 2.50. The van der Waals surface area contributed by atoms with E-state index in [1.165, 1.54) is 19.3 Å². The Morgan fingerprint density at radius 3 is 2.55 bits per heavy atom. The topological polar surface area (TPSA) is 59.6 Å². The van der Waals surface area contributed by atoms with Crippen molar-refractivity contribution in [3.63, 3.8) is 0 Å². The molecule has 1 saturated carbocycles. The Bertz CT molecular complexity index is 456. The highest BCUT2D eigenvalue weighted by Crippen LogP contribution is 2.28. The highest BCUT2D eigenvalue weighted by molar-refractivity contribution is 5.91. The molecule has 0 aliphatic heterocycles. The molecule has 0 heterocycles. The standard InChI is InChI=1S/C15H22N2O3/c1-19-12-8-9-14(20-2)13(10-12)17-15(18)16-11-6-4-3-5-7-11/h8-11H,3-7H2,1-2H3,(H2,16,17,18). The van der Waals surface area contributed by atoms with Crippen LogP contribution < -0.4 is 20.1 Å². The van der Waals surface area contributed by atoms with Gasteiger partial charge < -0.3 is 20.1 Å². The molecule has 110 valence electrons. The van der Waals surface area contributed by atoms with Gasteiger partial charge >= 0.3 is 6.03 Å². The van der Waals surface area contributed by atoms with Crippen LogP contribution in [0.2, 0.25) is 0 Å². The first-order valence-electron chi connectivity index (χ1n) is 7.02. The van der Waals surface area contributed by atoms with Crippen molar-refractivity contribution in [2.24, 2.45) is 0 Å². The fourth-order valence-corrected chi connectivity index (χ4v) is 2.50. The molecule has 0 spiro atoms. The van der Waals surface area contributed by atoms with Gasteiger partial charge in [-0.15, -0.1) is 0 Å². The molecule has 0 unspecified atom stereocenters. The van der Waals surface area contributed by atoms with Crippen LogP contribution in [0.25, 0.3) is 0 Å². The van der Waals surface area contributed by atoms with Gasteiger partial charge in [0.15, 0.2) is 0 Å². The number of amides is 2. The molecule has 1 aliphatic carbocycles. The Labute approximate surface area is 119 Å². The number of nitrogens with one attached hydrogen (secondary N) is 2. The molecule has 0 aromatic heterocycles. The number of urea groups is 1. The van der Waals surface area contributed by atoms with E-state index < -0.39 is 0 Å². The molecule has 5 nitrogen and oxygen atoms in total. The number of methoxy groups -OCH3 is 2. The lowest BCUT2D eigenvalue weighted by atomic mass is 9.96. The third-order valence-corrected chi connectivity index (χ3v) is 3.60. The summed E-state index contributed by atoms with van der Waals surface area (Å²) in [5.41, 5.74) is 0.611. The van der Waals surface area contributed by atoms with Crippen molar-refractivity contribution in [3.8, 4) is 11.5 Å². The normalized spacial score (nSPS) is 15.5. The molecule has 2 amide bonds. The van der Waals surface area contributed by atoms with Gasteiger partial charge in [0, 0.05) is 12.1 Å². The highest BCUT2D eigenvalue weighted by atomic mass is 16.5. The van der Waals surface area contributed by atoms with Crippen LogP contribution in [0.4, 0.5) is 10.5 Å². The third-order valence-electron chi connectivity index (χ3n) is 3.60. The van der Waals surface area contributed by atoms with Crippen LogP contribution in [0, 0.1) is 0 Å². The summed E-state index contributed by atoms with van der Waals surface area (Å²) in [5.74, 6) is 1.29. The second-order valence-electron chi connectivity index (χ2n) is 5.00. The van der Waals surface area contributed by atoms with Gasteiger partial charge in [-0.1, -0.05) is 19.3 Å². The van der Waals surface area contributed by atoms with Crippen LogP contribution >= 0.6 is 0 Å². The molecule has 1 fully saturated rings. The summed E-state index contributed by atoms with van der Waals surface area (Å²) in [6.07, 6.45) is 5.76. The number of ether oxygens (including phenoxy) is 2. The first-order chi connectivity index (χ1) is 9.72. The molecule has 2 rings (SSSR count). The lowest BCUT2D eigenvalue weighted by molar-refractivity contribution is 0.244. The van der Waals surface area contributed by atoms with Gasteiger partial charge in [0.2, 0.25) is 0 Å². The zero-order chi connectivity index (χ0) is 14.4. The van der Waals surface area contributed by atoms with Crippen molar-refractivity contribution in [1.82, 2.24) is 5.32 Å². The monoisotopic (exact) mass is 278 g/mol. The molecule has 0 saturated heterocycles. The predicted octanol–water partition coefficient (Wildman–Crippen LogP) is 3.16. The Kier molecular flexibility index (Phi) is 5.09. The summed E-state index contributed by atoms with van der Waals surface area (Å²) < 4.78 is 10.4. The van der Waals surface area contributed by atoms with Crippen molar-refractivity contribution in [1.29, 1.82) is 0 Å². The van der Waals surface area contributed by atoms with Gasteiger partial charge in [0.25, 0.3) is 0 Å². The molecular formula is C15H22N2O3. The zero-order valence-electron chi connectivity index (χ0n) is 12.1. The molecule has 0 bridgehead atoms. The zero-order valence-corrected chi connectivity index (χ0v) is 12.1. The minimum Gasteiger partial charge on any atom is -0.497 e. The molecule has 1 aromatic rings. The molecule has 0 atom stereocenters. The van der Waals surface area contributed by atoms with Gasteiger partial charge in [0.1, 0.15) is 11.5 Å². The largest absolute Gasteiger partial charge is 0.497 e. The van der Waals surface area contributed by atoms with Gasteiger partial charge in [-0.05, 0) is 25.0 Å². The van der Waals surface area contributed by atoms with Gasteiger partial charge in [-0.2, -0.15) is 0 Å². The number of hydrogen-bond acceptors (Lipinski definition) is 3. The van der Waals surface area contributed by atoms with Crippen LogP contribution in [0.15, 0.2) is 18.2 Å². The molecule has 20 heavy (non-hydrogen) atoms. The minimum atomic E-state index is -0.191. The maximum absolute atomic E-state index is 12.0. The maximum Gasteiger partial charge on any atom is 0.319 e. The van der Waals surface area contributed by atoms with Crippen molar-refractivity contribution < 1.29 is 14.3 Å². The number of benzene rings is 1. The van der Waals surface area contributed by atoms with Crippen LogP contribution in [0.1, 0.15) is 32.1 Å². The summed E-state index contributed by atoms with van der Waals surface area (Å²) in [6, 6.07) is 5.40. The van der Waals surface area contributed by atoms with Crippen LogP contribution in [0.3, 0.4) is 0 Å². The van der Waals surface area contributed by atoms with E-state index in [0.29, 0.717) is 17.2 Å². The molecule has 2 N–H and O–H groups in total. The maximum atomic E-state index is 12.0. The van der Waals surface area contributed by atoms with Crippen LogP contribution in [-0.4, -0.2) is 26.3 Å². The summed E-state index contributed by atoms with van der Waals surface area (Å²) in [7, 11) is 3.17. The highest BCUT2D eigenvalue weighted by Gasteiger charge is 2.16. The average molecular weight is 278 g/mol. The lowest BCUT2D eigenvalue weighted by Crippen LogP contribution is -2.39. The van der Waals surface area contributed by atoms with Crippen molar-refractivity contribution in [2.45, 2.75) is 38.1 Å². The summed E-state index contributed by atoms with van der Waals surface area (Å²) in [6.45, 7) is 0. The van der Waals surface area contributed by atoms with E-state index in [9.17, 15) is 4.79 Å². The number of carbonyl (C=O) groups is 1. The predicted molar refractivity (Wildman–Crippen MR) is 78.6 cm³/mol. The van der Waals surface area contributed by atoms with Crippen molar-refractivity contribution in [3.05, 3.63) is 18.2 Å². The van der Waals surface area contributed by atoms with Crippen molar-refractivity contribution in [2.75, 3.05) is 19.5 Å². The van der Waals surface area contributed by atoms with Gasteiger partial charge in [-0.25, -0.2) is 4.79 Å². The smallest absolute Gasteiger partial charge is 0.319 e. The molecule has 1 aliphatic rings. The van der Waals surface area contributed by atoms with E-state index in [-0.39, 0.29) is 12.1 Å². The lowest BCUT2D eigenvalue weighted by Gasteiger charge is -2.23. The van der Waals surface area contributed by atoms with Crippen LogP contribution in [-0.2, 0) is 0 Å². The minimum absolute atomic E-state index is 0.191. The average Bonchev–Trinajstić information content (AvgIpc) is 2.48. The quantitative estimate of drug-likeness (QED) is 0.889. The summed E-state index contributed by atoms with van der Waals surface area (Å²) >= 11 is 0. The van der Waals surface area contributed by atoms with E-state index in [2.05, 4.69) is 10.6 Å². The van der Waals surface area contributed by atoms with Gasteiger partial charge in [-0.3, -0.25) is 0 Å². The number of hydrogen-bond donors (Lipinski definition) is 2. The number of carbonyl (C=O) groups excluding carboxylic acids is 1. The Balaban J connectivity index is 1.98. The van der Waals surface area contributed by atoms with E-state index in [1.54, 1.807) is 32.4 Å². The van der Waals surface area contributed by atoms with E-state index >= 15 is 0 Å². The number of rotatable bonds is 4. The van der Waals surface area contributed by atoms with E-state index in [1.807, 2.05) is 0 Å². The molecular weight excluding hydrogens is 256 g/mol. The second-order valence-corrected chi connectivity index (χ2v) is 5.00. The first kappa shape index (κ1) is 14.5. The number of anilines is 1. The summed E-state index contributed by atoms with van der Waals surface area (Å²) in [5, 5.41) is 5.84. The van der Waals surface area contributed by atoms with Gasteiger partial charge in [0.05, 0.1) is 19.9 Å². The SMILES string of the molecule is COc1ccc(OC)c(NC(=O)NC2CCCCC2)c1. The molecule has 5 heteroatoms. The Morgan fingerprint density at radius 2 is 1.90 bits per heavy atom. The molecule has 1 aromatic carbocycles. The Morgan fingerprint density at radius 1 is 1.15 bits per heavy atom. The van der Waals surface area contributed by atoms with Crippen molar-refractivity contribution >= 4 is 11.7 Å². The van der Waals surface area contributed by atoms with Crippen LogP contribution in [0.5, 0.6) is 11.5 Å². The first-order valence-corrected chi connectivity index (χ1v) is 7.02.